The van der Waals surface area contributed by atoms with E-state index in [2.05, 4.69) is 4.98 Å². The fourth-order valence-electron chi connectivity index (χ4n) is 2.82. The average Bonchev–Trinajstić information content (AvgIpc) is 2.86. The minimum atomic E-state index is -0.641. The van der Waals surface area contributed by atoms with Crippen molar-refractivity contribution in [3.05, 3.63) is 17.7 Å². The van der Waals surface area contributed by atoms with Crippen LogP contribution in [0.1, 0.15) is 57.0 Å². The van der Waals surface area contributed by atoms with Crippen LogP contribution in [0.25, 0.3) is 0 Å². The first-order valence-corrected chi connectivity index (χ1v) is 7.49. The summed E-state index contributed by atoms with van der Waals surface area (Å²) in [6.07, 6.45) is 1.62. The van der Waals surface area contributed by atoms with Crippen LogP contribution in [0.5, 0.6) is 0 Å². The van der Waals surface area contributed by atoms with Gasteiger partial charge in [-0.25, -0.2) is 10.5 Å². The van der Waals surface area contributed by atoms with Gasteiger partial charge in [0.25, 0.3) is 5.91 Å². The number of aromatic nitrogens is 2. The topological polar surface area (TPSA) is 87.5 Å². The number of rotatable bonds is 2. The van der Waals surface area contributed by atoms with Crippen LogP contribution in [-0.4, -0.2) is 38.0 Å². The largest absolute Gasteiger partial charge is 0.331 e. The first-order valence-electron chi connectivity index (χ1n) is 7.49. The van der Waals surface area contributed by atoms with Gasteiger partial charge in [-0.2, -0.15) is 0 Å². The zero-order chi connectivity index (χ0) is 16.7. The lowest BCUT2D eigenvalue weighted by Gasteiger charge is -2.41. The maximum atomic E-state index is 12.7. The highest BCUT2D eigenvalue weighted by molar-refractivity contribution is 5.91. The third kappa shape index (κ3) is 2.85. The van der Waals surface area contributed by atoms with Crippen LogP contribution in [0.4, 0.5) is 0 Å². The zero-order valence-corrected chi connectivity index (χ0v) is 13.8. The van der Waals surface area contributed by atoms with Gasteiger partial charge in [0, 0.05) is 24.7 Å². The molecule has 1 atom stereocenters. The second-order valence-corrected chi connectivity index (χ2v) is 7.06. The summed E-state index contributed by atoms with van der Waals surface area (Å²) in [5, 5.41) is 8.76. The van der Waals surface area contributed by atoms with Gasteiger partial charge in [-0.1, -0.05) is 34.6 Å². The van der Waals surface area contributed by atoms with Gasteiger partial charge in [-0.15, -0.1) is 0 Å². The van der Waals surface area contributed by atoms with Crippen LogP contribution in [0, 0.1) is 11.3 Å². The highest BCUT2D eigenvalue weighted by Crippen LogP contribution is 2.34. The molecular formula is C15H24N4O3. The summed E-state index contributed by atoms with van der Waals surface area (Å²) in [5.41, 5.74) is 1.29. The standard InChI is InChI=1S/C15H24N4O3/c1-9(2)11-12-16-10(13(20)17-22)8-18(12)6-7-19(11)14(21)15(3,4)5/h8-9,11,22H,6-7H2,1-5H3,(H,17,20). The molecule has 1 aromatic rings. The van der Waals surface area contributed by atoms with Gasteiger partial charge in [0.1, 0.15) is 11.5 Å². The van der Waals surface area contributed by atoms with Crippen LogP contribution in [0.15, 0.2) is 6.20 Å². The molecule has 0 saturated heterocycles. The van der Waals surface area contributed by atoms with Crippen molar-refractivity contribution in [2.45, 2.75) is 47.2 Å². The summed E-state index contributed by atoms with van der Waals surface area (Å²) >= 11 is 0. The molecule has 1 aliphatic rings. The van der Waals surface area contributed by atoms with Crippen LogP contribution >= 0.6 is 0 Å². The van der Waals surface area contributed by atoms with Gasteiger partial charge in [-0.3, -0.25) is 14.8 Å². The van der Waals surface area contributed by atoms with E-state index in [-0.39, 0.29) is 23.6 Å². The molecule has 1 aromatic heterocycles. The summed E-state index contributed by atoms with van der Waals surface area (Å²) in [6, 6.07) is -0.180. The maximum Gasteiger partial charge on any atom is 0.294 e. The summed E-state index contributed by atoms with van der Waals surface area (Å²) in [6.45, 7) is 10.9. The second kappa shape index (κ2) is 5.72. The summed E-state index contributed by atoms with van der Waals surface area (Å²) in [4.78, 5) is 30.5. The van der Waals surface area contributed by atoms with Gasteiger partial charge in [0.2, 0.25) is 5.91 Å². The number of hydrogen-bond donors (Lipinski definition) is 2. The molecule has 2 amide bonds. The molecule has 2 heterocycles. The lowest BCUT2D eigenvalue weighted by Crippen LogP contribution is -2.48. The van der Waals surface area contributed by atoms with Crippen molar-refractivity contribution in [2.75, 3.05) is 6.54 Å². The Bertz CT molecular complexity index is 586. The van der Waals surface area contributed by atoms with E-state index in [1.54, 1.807) is 11.7 Å². The predicted octanol–water partition coefficient (Wildman–Crippen LogP) is 1.59. The summed E-state index contributed by atoms with van der Waals surface area (Å²) < 4.78 is 1.89. The lowest BCUT2D eigenvalue weighted by atomic mass is 9.91. The molecule has 1 aliphatic heterocycles. The predicted molar refractivity (Wildman–Crippen MR) is 80.2 cm³/mol. The van der Waals surface area contributed by atoms with Crippen LogP contribution < -0.4 is 5.48 Å². The minimum Gasteiger partial charge on any atom is -0.331 e. The minimum absolute atomic E-state index is 0.0774. The number of carbonyl (C=O) groups is 2. The van der Waals surface area contributed by atoms with E-state index in [0.29, 0.717) is 18.9 Å². The molecule has 0 fully saturated rings. The van der Waals surface area contributed by atoms with Crippen LogP contribution in [-0.2, 0) is 11.3 Å². The van der Waals surface area contributed by atoms with Crippen molar-refractivity contribution in [1.82, 2.24) is 19.9 Å². The highest BCUT2D eigenvalue weighted by Gasteiger charge is 2.39. The molecule has 122 valence electrons. The average molecular weight is 308 g/mol. The number of nitrogens with zero attached hydrogens (tertiary/aromatic N) is 3. The second-order valence-electron chi connectivity index (χ2n) is 7.06. The van der Waals surface area contributed by atoms with Crippen molar-refractivity contribution in [3.8, 4) is 0 Å². The fourth-order valence-corrected chi connectivity index (χ4v) is 2.82. The molecule has 0 bridgehead atoms. The van der Waals surface area contributed by atoms with Crippen molar-refractivity contribution >= 4 is 11.8 Å². The Morgan fingerprint density at radius 2 is 2.00 bits per heavy atom. The summed E-state index contributed by atoms with van der Waals surface area (Å²) in [7, 11) is 0. The van der Waals surface area contributed by atoms with Gasteiger partial charge < -0.3 is 9.47 Å². The van der Waals surface area contributed by atoms with Gasteiger partial charge in [0.05, 0.1) is 6.04 Å². The van der Waals surface area contributed by atoms with Crippen LogP contribution in [0.3, 0.4) is 0 Å². The molecule has 7 nitrogen and oxygen atoms in total. The van der Waals surface area contributed by atoms with Crippen molar-refractivity contribution in [3.63, 3.8) is 0 Å². The van der Waals surface area contributed by atoms with E-state index in [4.69, 9.17) is 5.21 Å². The quantitative estimate of drug-likeness (QED) is 0.641. The van der Waals surface area contributed by atoms with Crippen molar-refractivity contribution in [2.24, 2.45) is 11.3 Å². The third-order valence-electron chi connectivity index (χ3n) is 3.86. The third-order valence-corrected chi connectivity index (χ3v) is 3.86. The van der Waals surface area contributed by atoms with E-state index >= 15 is 0 Å². The molecule has 22 heavy (non-hydrogen) atoms. The lowest BCUT2D eigenvalue weighted by molar-refractivity contribution is -0.144. The smallest absolute Gasteiger partial charge is 0.294 e. The highest BCUT2D eigenvalue weighted by atomic mass is 16.5. The van der Waals surface area contributed by atoms with Gasteiger partial charge in [0.15, 0.2) is 0 Å². The Labute approximate surface area is 130 Å². The Kier molecular flexibility index (Phi) is 4.28. The zero-order valence-electron chi connectivity index (χ0n) is 13.8. The van der Waals surface area contributed by atoms with Crippen LogP contribution in [0.2, 0.25) is 0 Å². The number of imidazole rings is 1. The number of fused-ring (bicyclic) bond motifs is 1. The Balaban J connectivity index is 2.42. The van der Waals surface area contributed by atoms with E-state index in [1.807, 2.05) is 44.1 Å². The van der Waals surface area contributed by atoms with E-state index < -0.39 is 11.3 Å². The molecule has 0 aromatic carbocycles. The fraction of sp³-hybridized carbons (Fsp3) is 0.667. The van der Waals surface area contributed by atoms with E-state index in [0.717, 1.165) is 0 Å². The Morgan fingerprint density at radius 3 is 2.50 bits per heavy atom. The number of nitrogens with one attached hydrogen (secondary N) is 1. The molecule has 2 rings (SSSR count). The molecule has 0 radical (unpaired) electrons. The maximum absolute atomic E-state index is 12.7. The first-order chi connectivity index (χ1) is 10.2. The molecular weight excluding hydrogens is 284 g/mol. The molecule has 1 unspecified atom stereocenters. The van der Waals surface area contributed by atoms with E-state index in [9.17, 15) is 9.59 Å². The number of amides is 2. The van der Waals surface area contributed by atoms with E-state index in [1.165, 1.54) is 0 Å². The SMILES string of the molecule is CC(C)C1c2nc(C(=O)NO)cn2CCN1C(=O)C(C)(C)C. The summed E-state index contributed by atoms with van der Waals surface area (Å²) in [5.74, 6) is 0.293. The Hall–Kier alpha value is -1.89. The molecule has 7 heteroatoms. The van der Waals surface area contributed by atoms with Gasteiger partial charge in [-0.05, 0) is 5.92 Å². The van der Waals surface area contributed by atoms with Gasteiger partial charge >= 0.3 is 0 Å². The molecule has 0 saturated carbocycles. The van der Waals surface area contributed by atoms with Crippen molar-refractivity contribution < 1.29 is 14.8 Å². The Morgan fingerprint density at radius 1 is 1.36 bits per heavy atom. The molecule has 2 N–H and O–H groups in total. The normalized spacial score (nSPS) is 18.3. The molecule has 0 aliphatic carbocycles. The number of carbonyl (C=O) groups excluding carboxylic acids is 2. The monoisotopic (exact) mass is 308 g/mol. The molecule has 0 spiro atoms. The first kappa shape index (κ1) is 16.5. The number of hydrogen-bond acceptors (Lipinski definition) is 4. The van der Waals surface area contributed by atoms with Crippen molar-refractivity contribution in [1.29, 1.82) is 0 Å². The number of hydroxylamine groups is 1.